The molecule has 0 radical (unpaired) electrons. The van der Waals surface area contributed by atoms with Crippen molar-refractivity contribution in [3.63, 3.8) is 0 Å². The summed E-state index contributed by atoms with van der Waals surface area (Å²) in [4.78, 5) is 24.3. The van der Waals surface area contributed by atoms with E-state index in [-0.39, 0.29) is 17.6 Å². The molecule has 2 amide bonds. The molecule has 0 atom stereocenters. The molecule has 27 heavy (non-hydrogen) atoms. The average molecular weight is 463 g/mol. The van der Waals surface area contributed by atoms with E-state index in [1.165, 1.54) is 23.1 Å². The van der Waals surface area contributed by atoms with E-state index in [1.54, 1.807) is 24.3 Å². The van der Waals surface area contributed by atoms with Crippen LogP contribution in [0.25, 0.3) is 0 Å². The van der Waals surface area contributed by atoms with Crippen LogP contribution < -0.4 is 10.6 Å². The Hall–Kier alpha value is -2.23. The Kier molecular flexibility index (Phi) is 6.59. The fraction of sp³-hybridized carbons (Fsp3) is 0.111. The molecule has 2 N–H and O–H groups in total. The van der Waals surface area contributed by atoms with Crippen LogP contribution in [0.5, 0.6) is 0 Å². The monoisotopic (exact) mass is 462 g/mol. The van der Waals surface area contributed by atoms with Crippen LogP contribution in [0.2, 0.25) is 0 Å². The highest BCUT2D eigenvalue weighted by molar-refractivity contribution is 9.10. The summed E-state index contributed by atoms with van der Waals surface area (Å²) in [6.07, 6.45) is 0. The summed E-state index contributed by atoms with van der Waals surface area (Å²) in [6, 6.07) is 14.6. The standard InChI is InChI=1S/C18H15BrN4O2S2/c1-11-4-2-3-5-14(11)20-15(24)10-26-18-23-22-17(27-18)21-16(25)12-6-8-13(19)9-7-12/h2-9H,10H2,1H3,(H,20,24)(H,21,22,25). The first-order valence-electron chi connectivity index (χ1n) is 7.90. The number of carbonyl (C=O) groups excluding carboxylic acids is 2. The Labute approximate surface area is 172 Å². The van der Waals surface area contributed by atoms with Gasteiger partial charge in [0.15, 0.2) is 4.34 Å². The molecule has 0 saturated carbocycles. The van der Waals surface area contributed by atoms with Crippen LogP contribution in [0.3, 0.4) is 0 Å². The molecule has 3 rings (SSSR count). The van der Waals surface area contributed by atoms with Crippen molar-refractivity contribution in [2.45, 2.75) is 11.3 Å². The van der Waals surface area contributed by atoms with Crippen molar-refractivity contribution in [1.29, 1.82) is 0 Å². The van der Waals surface area contributed by atoms with Gasteiger partial charge in [0.05, 0.1) is 5.75 Å². The number of nitrogens with one attached hydrogen (secondary N) is 2. The van der Waals surface area contributed by atoms with E-state index in [0.29, 0.717) is 15.0 Å². The third-order valence-electron chi connectivity index (χ3n) is 3.48. The van der Waals surface area contributed by atoms with Crippen LogP contribution >= 0.6 is 39.0 Å². The van der Waals surface area contributed by atoms with Crippen LogP contribution in [-0.4, -0.2) is 27.8 Å². The Morgan fingerprint density at radius 3 is 2.56 bits per heavy atom. The van der Waals surface area contributed by atoms with E-state index in [4.69, 9.17) is 0 Å². The quantitative estimate of drug-likeness (QED) is 0.413. The maximum absolute atomic E-state index is 12.2. The molecule has 1 aromatic heterocycles. The van der Waals surface area contributed by atoms with Gasteiger partial charge in [-0.1, -0.05) is 57.2 Å². The zero-order valence-corrected chi connectivity index (χ0v) is 17.5. The number of aromatic nitrogens is 2. The number of rotatable bonds is 6. The van der Waals surface area contributed by atoms with Crippen molar-refractivity contribution in [3.05, 3.63) is 64.1 Å². The van der Waals surface area contributed by atoms with Crippen LogP contribution in [-0.2, 0) is 4.79 Å². The van der Waals surface area contributed by atoms with Crippen molar-refractivity contribution in [2.75, 3.05) is 16.4 Å². The Balaban J connectivity index is 1.52. The molecule has 0 aliphatic carbocycles. The van der Waals surface area contributed by atoms with E-state index in [9.17, 15) is 9.59 Å². The van der Waals surface area contributed by atoms with Crippen LogP contribution in [0.4, 0.5) is 10.8 Å². The van der Waals surface area contributed by atoms with E-state index >= 15 is 0 Å². The molecule has 3 aromatic rings. The summed E-state index contributed by atoms with van der Waals surface area (Å²) in [5, 5.41) is 13.9. The number of amides is 2. The summed E-state index contributed by atoms with van der Waals surface area (Å²) in [5.74, 6) is -0.165. The Morgan fingerprint density at radius 2 is 1.81 bits per heavy atom. The van der Waals surface area contributed by atoms with Gasteiger partial charge in [-0.15, -0.1) is 10.2 Å². The second-order valence-electron chi connectivity index (χ2n) is 5.49. The molecule has 2 aromatic carbocycles. The van der Waals surface area contributed by atoms with Crippen molar-refractivity contribution in [1.82, 2.24) is 10.2 Å². The number of hydrogen-bond acceptors (Lipinski definition) is 6. The number of halogens is 1. The lowest BCUT2D eigenvalue weighted by Gasteiger charge is -2.06. The third-order valence-corrected chi connectivity index (χ3v) is 5.98. The molecule has 0 bridgehead atoms. The highest BCUT2D eigenvalue weighted by atomic mass is 79.9. The number of thioether (sulfide) groups is 1. The van der Waals surface area contributed by atoms with Crippen LogP contribution in [0, 0.1) is 6.92 Å². The van der Waals surface area contributed by atoms with E-state index in [0.717, 1.165) is 15.7 Å². The molecule has 138 valence electrons. The molecule has 0 unspecified atom stereocenters. The molecule has 0 fully saturated rings. The number of carbonyl (C=O) groups is 2. The minimum Gasteiger partial charge on any atom is -0.325 e. The number of hydrogen-bond donors (Lipinski definition) is 2. The van der Waals surface area contributed by atoms with Gasteiger partial charge >= 0.3 is 0 Å². The van der Waals surface area contributed by atoms with Crippen molar-refractivity contribution < 1.29 is 9.59 Å². The highest BCUT2D eigenvalue weighted by Gasteiger charge is 2.12. The maximum Gasteiger partial charge on any atom is 0.257 e. The lowest BCUT2D eigenvalue weighted by Crippen LogP contribution is -2.14. The first-order valence-corrected chi connectivity index (χ1v) is 10.5. The van der Waals surface area contributed by atoms with Crippen LogP contribution in [0.15, 0.2) is 57.3 Å². The zero-order chi connectivity index (χ0) is 19.2. The van der Waals surface area contributed by atoms with Gasteiger partial charge in [0, 0.05) is 15.7 Å². The average Bonchev–Trinajstić information content (AvgIpc) is 3.10. The largest absolute Gasteiger partial charge is 0.325 e. The summed E-state index contributed by atoms with van der Waals surface area (Å²) >= 11 is 5.84. The second kappa shape index (κ2) is 9.12. The zero-order valence-electron chi connectivity index (χ0n) is 14.2. The lowest BCUT2D eigenvalue weighted by molar-refractivity contribution is -0.113. The van der Waals surface area contributed by atoms with Gasteiger partial charge in [0.25, 0.3) is 5.91 Å². The first kappa shape index (κ1) is 19.5. The Morgan fingerprint density at radius 1 is 1.07 bits per heavy atom. The number of benzene rings is 2. The fourth-order valence-corrected chi connectivity index (χ4v) is 3.93. The fourth-order valence-electron chi connectivity index (χ4n) is 2.12. The third kappa shape index (κ3) is 5.62. The number of nitrogens with zero attached hydrogens (tertiary/aromatic N) is 2. The Bertz CT molecular complexity index is 960. The SMILES string of the molecule is Cc1ccccc1NC(=O)CSc1nnc(NC(=O)c2ccc(Br)cc2)s1. The molecule has 0 spiro atoms. The van der Waals surface area contributed by atoms with Gasteiger partial charge in [0.2, 0.25) is 11.0 Å². The van der Waals surface area contributed by atoms with Crippen LogP contribution in [0.1, 0.15) is 15.9 Å². The number of aryl methyl sites for hydroxylation is 1. The molecular weight excluding hydrogens is 448 g/mol. The molecule has 6 nitrogen and oxygen atoms in total. The van der Waals surface area contributed by atoms with E-state index in [2.05, 4.69) is 36.8 Å². The predicted molar refractivity (Wildman–Crippen MR) is 113 cm³/mol. The smallest absolute Gasteiger partial charge is 0.257 e. The first-order chi connectivity index (χ1) is 13.0. The van der Waals surface area contributed by atoms with Crippen molar-refractivity contribution >= 4 is 61.7 Å². The van der Waals surface area contributed by atoms with Gasteiger partial charge in [-0.05, 0) is 42.8 Å². The predicted octanol–water partition coefficient (Wildman–Crippen LogP) is 4.59. The topological polar surface area (TPSA) is 84.0 Å². The molecule has 0 saturated heterocycles. The minimum absolute atomic E-state index is 0.120. The normalized spacial score (nSPS) is 10.4. The van der Waals surface area contributed by atoms with Crippen molar-refractivity contribution in [2.24, 2.45) is 0 Å². The second-order valence-corrected chi connectivity index (χ2v) is 8.60. The van der Waals surface area contributed by atoms with Gasteiger partial charge in [-0.2, -0.15) is 0 Å². The molecule has 9 heteroatoms. The van der Waals surface area contributed by atoms with Gasteiger partial charge < -0.3 is 5.32 Å². The summed E-state index contributed by atoms with van der Waals surface area (Å²) in [5.41, 5.74) is 2.33. The minimum atomic E-state index is -0.257. The van der Waals surface area contributed by atoms with Gasteiger partial charge in [-0.3, -0.25) is 14.9 Å². The molecule has 0 aliphatic heterocycles. The number of para-hydroxylation sites is 1. The lowest BCUT2D eigenvalue weighted by atomic mass is 10.2. The highest BCUT2D eigenvalue weighted by Crippen LogP contribution is 2.26. The summed E-state index contributed by atoms with van der Waals surface area (Å²) in [7, 11) is 0. The van der Waals surface area contributed by atoms with E-state index in [1.807, 2.05) is 31.2 Å². The van der Waals surface area contributed by atoms with Gasteiger partial charge in [0.1, 0.15) is 0 Å². The van der Waals surface area contributed by atoms with Gasteiger partial charge in [-0.25, -0.2) is 0 Å². The number of anilines is 2. The molecular formula is C18H15BrN4O2S2. The molecule has 0 aliphatic rings. The summed E-state index contributed by atoms with van der Waals surface area (Å²) < 4.78 is 1.51. The summed E-state index contributed by atoms with van der Waals surface area (Å²) in [6.45, 7) is 1.94. The van der Waals surface area contributed by atoms with E-state index < -0.39 is 0 Å². The van der Waals surface area contributed by atoms with Crippen molar-refractivity contribution in [3.8, 4) is 0 Å². The maximum atomic E-state index is 12.2. The molecule has 1 heterocycles.